The third kappa shape index (κ3) is 4.34. The van der Waals surface area contributed by atoms with Gasteiger partial charge in [-0.2, -0.15) is 0 Å². The van der Waals surface area contributed by atoms with E-state index >= 15 is 0 Å². The summed E-state index contributed by atoms with van der Waals surface area (Å²) < 4.78 is 5.62. The lowest BCUT2D eigenvalue weighted by Crippen LogP contribution is -2.38. The summed E-state index contributed by atoms with van der Waals surface area (Å²) in [6.45, 7) is 1.86. The minimum absolute atomic E-state index is 0.389. The molecule has 0 aliphatic carbocycles. The highest BCUT2D eigenvalue weighted by atomic mass is 16.5. The molecule has 0 radical (unpaired) electrons. The third-order valence-electron chi connectivity index (χ3n) is 3.08. The zero-order chi connectivity index (χ0) is 15.9. The first-order valence-corrected chi connectivity index (χ1v) is 6.86. The van der Waals surface area contributed by atoms with Crippen LogP contribution in [0.5, 0.6) is 5.75 Å². The normalized spacial score (nSPS) is 11.5. The van der Waals surface area contributed by atoms with Gasteiger partial charge in [-0.05, 0) is 36.8 Å². The summed E-state index contributed by atoms with van der Waals surface area (Å²) in [7, 11) is 0. The number of carboxylic acid groups (broad SMARTS) is 1. The van der Waals surface area contributed by atoms with Gasteiger partial charge in [0.2, 0.25) is 0 Å². The van der Waals surface area contributed by atoms with E-state index in [1.807, 2.05) is 30.3 Å². The van der Waals surface area contributed by atoms with Gasteiger partial charge in [-0.3, -0.25) is 9.59 Å². The topological polar surface area (TPSA) is 75.6 Å². The Kier molecular flexibility index (Phi) is 5.14. The van der Waals surface area contributed by atoms with Gasteiger partial charge in [0.25, 0.3) is 5.91 Å². The van der Waals surface area contributed by atoms with Crippen LogP contribution in [0.15, 0.2) is 54.6 Å². The molecule has 0 bridgehead atoms. The molecular weight excluding hydrogens is 282 g/mol. The van der Waals surface area contributed by atoms with Crippen LogP contribution in [0.4, 0.5) is 0 Å². The number of rotatable bonds is 6. The summed E-state index contributed by atoms with van der Waals surface area (Å²) in [5, 5.41) is 11.2. The molecule has 5 nitrogen and oxygen atoms in total. The number of carbonyl (C=O) groups excluding carboxylic acids is 1. The number of hydrogen-bond acceptors (Lipinski definition) is 3. The molecule has 1 atom stereocenters. The summed E-state index contributed by atoms with van der Waals surface area (Å²) in [6.07, 6.45) is 0. The van der Waals surface area contributed by atoms with Crippen LogP contribution in [0.3, 0.4) is 0 Å². The van der Waals surface area contributed by atoms with E-state index in [0.717, 1.165) is 5.56 Å². The van der Waals surface area contributed by atoms with Crippen LogP contribution in [0.25, 0.3) is 0 Å². The minimum Gasteiger partial charge on any atom is -0.489 e. The molecule has 22 heavy (non-hydrogen) atoms. The first-order valence-electron chi connectivity index (χ1n) is 6.86. The second-order valence-electron chi connectivity index (χ2n) is 4.83. The highest BCUT2D eigenvalue weighted by molar-refractivity contribution is 5.96. The number of amides is 1. The molecule has 0 fully saturated rings. The molecule has 0 aromatic heterocycles. The molecule has 0 spiro atoms. The zero-order valence-corrected chi connectivity index (χ0v) is 12.2. The molecular formula is C17H17NO4. The summed E-state index contributed by atoms with van der Waals surface area (Å²) >= 11 is 0. The Hall–Kier alpha value is -2.82. The van der Waals surface area contributed by atoms with Gasteiger partial charge in [0, 0.05) is 5.56 Å². The second-order valence-corrected chi connectivity index (χ2v) is 4.83. The molecule has 0 aliphatic rings. The van der Waals surface area contributed by atoms with E-state index in [1.54, 1.807) is 24.3 Å². The Morgan fingerprint density at radius 2 is 1.73 bits per heavy atom. The largest absolute Gasteiger partial charge is 0.489 e. The highest BCUT2D eigenvalue weighted by Gasteiger charge is 2.15. The molecule has 0 unspecified atom stereocenters. The van der Waals surface area contributed by atoms with Gasteiger partial charge in [0.05, 0.1) is 0 Å². The number of aliphatic carboxylic acids is 1. The van der Waals surface area contributed by atoms with Crippen LogP contribution in [-0.2, 0) is 11.4 Å². The van der Waals surface area contributed by atoms with Crippen LogP contribution in [-0.4, -0.2) is 23.0 Å². The quantitative estimate of drug-likeness (QED) is 0.859. The Balaban J connectivity index is 1.92. The van der Waals surface area contributed by atoms with Crippen LogP contribution >= 0.6 is 0 Å². The number of carboxylic acids is 1. The predicted octanol–water partition coefficient (Wildman–Crippen LogP) is 2.47. The van der Waals surface area contributed by atoms with E-state index in [2.05, 4.69) is 5.32 Å². The first-order chi connectivity index (χ1) is 10.6. The molecule has 0 heterocycles. The third-order valence-corrected chi connectivity index (χ3v) is 3.08. The SMILES string of the molecule is C[C@H](NC(=O)c1ccc(OCc2ccccc2)cc1)C(=O)O. The van der Waals surface area contributed by atoms with Gasteiger partial charge in [-0.1, -0.05) is 30.3 Å². The van der Waals surface area contributed by atoms with Crippen molar-refractivity contribution in [2.45, 2.75) is 19.6 Å². The highest BCUT2D eigenvalue weighted by Crippen LogP contribution is 2.14. The predicted molar refractivity (Wildman–Crippen MR) is 81.8 cm³/mol. The maximum atomic E-state index is 11.8. The lowest BCUT2D eigenvalue weighted by atomic mass is 10.2. The number of carbonyl (C=O) groups is 2. The molecule has 0 saturated heterocycles. The number of benzene rings is 2. The van der Waals surface area contributed by atoms with Gasteiger partial charge in [-0.15, -0.1) is 0 Å². The van der Waals surface area contributed by atoms with Gasteiger partial charge in [0.15, 0.2) is 0 Å². The monoisotopic (exact) mass is 299 g/mol. The van der Waals surface area contributed by atoms with E-state index in [0.29, 0.717) is 17.9 Å². The van der Waals surface area contributed by atoms with E-state index in [-0.39, 0.29) is 0 Å². The minimum atomic E-state index is -1.07. The van der Waals surface area contributed by atoms with Crippen LogP contribution in [0.2, 0.25) is 0 Å². The van der Waals surface area contributed by atoms with E-state index in [4.69, 9.17) is 9.84 Å². The van der Waals surface area contributed by atoms with Crippen molar-refractivity contribution < 1.29 is 19.4 Å². The van der Waals surface area contributed by atoms with Crippen molar-refractivity contribution in [2.24, 2.45) is 0 Å². The van der Waals surface area contributed by atoms with Crippen molar-refractivity contribution in [3.05, 3.63) is 65.7 Å². The summed E-state index contributed by atoms with van der Waals surface area (Å²) in [4.78, 5) is 22.5. The van der Waals surface area contributed by atoms with Gasteiger partial charge in [0.1, 0.15) is 18.4 Å². The Morgan fingerprint density at radius 3 is 2.32 bits per heavy atom. The maximum absolute atomic E-state index is 11.8. The molecule has 114 valence electrons. The van der Waals surface area contributed by atoms with Crippen molar-refractivity contribution in [3.8, 4) is 5.75 Å². The molecule has 2 aromatic rings. The van der Waals surface area contributed by atoms with Crippen LogP contribution < -0.4 is 10.1 Å². The summed E-state index contributed by atoms with van der Waals surface area (Å²) in [5.74, 6) is -0.854. The van der Waals surface area contributed by atoms with Crippen LogP contribution in [0, 0.1) is 0 Å². The van der Waals surface area contributed by atoms with Gasteiger partial charge < -0.3 is 15.2 Å². The first kappa shape index (κ1) is 15.6. The van der Waals surface area contributed by atoms with Crippen molar-refractivity contribution >= 4 is 11.9 Å². The summed E-state index contributed by atoms with van der Waals surface area (Å²) in [6, 6.07) is 15.4. The zero-order valence-electron chi connectivity index (χ0n) is 12.2. The Morgan fingerprint density at radius 1 is 1.09 bits per heavy atom. The van der Waals surface area contributed by atoms with Crippen molar-refractivity contribution in [1.29, 1.82) is 0 Å². The molecule has 5 heteroatoms. The number of ether oxygens (including phenoxy) is 1. The van der Waals surface area contributed by atoms with E-state index in [1.165, 1.54) is 6.92 Å². The van der Waals surface area contributed by atoms with Crippen molar-refractivity contribution in [2.75, 3.05) is 0 Å². The molecule has 0 saturated carbocycles. The summed E-state index contributed by atoms with van der Waals surface area (Å²) in [5.41, 5.74) is 1.44. The maximum Gasteiger partial charge on any atom is 0.325 e. The van der Waals surface area contributed by atoms with Gasteiger partial charge >= 0.3 is 5.97 Å². The molecule has 1 amide bonds. The van der Waals surface area contributed by atoms with Crippen LogP contribution in [0.1, 0.15) is 22.8 Å². The molecule has 2 aromatic carbocycles. The average Bonchev–Trinajstić information content (AvgIpc) is 2.54. The second kappa shape index (κ2) is 7.26. The molecule has 0 aliphatic heterocycles. The average molecular weight is 299 g/mol. The lowest BCUT2D eigenvalue weighted by molar-refractivity contribution is -0.138. The lowest BCUT2D eigenvalue weighted by Gasteiger charge is -2.10. The van der Waals surface area contributed by atoms with E-state index in [9.17, 15) is 9.59 Å². The standard InChI is InChI=1S/C17H17NO4/c1-12(17(20)21)18-16(19)14-7-9-15(10-8-14)22-11-13-5-3-2-4-6-13/h2-10,12H,11H2,1H3,(H,18,19)(H,20,21)/t12-/m0/s1. The van der Waals surface area contributed by atoms with Crippen molar-refractivity contribution in [1.82, 2.24) is 5.32 Å². The fourth-order valence-electron chi connectivity index (χ4n) is 1.79. The molecule has 2 rings (SSSR count). The van der Waals surface area contributed by atoms with E-state index < -0.39 is 17.9 Å². The Labute approximate surface area is 128 Å². The molecule has 2 N–H and O–H groups in total. The number of nitrogens with one attached hydrogen (secondary N) is 1. The van der Waals surface area contributed by atoms with Gasteiger partial charge in [-0.25, -0.2) is 0 Å². The fourth-order valence-corrected chi connectivity index (χ4v) is 1.79. The number of hydrogen-bond donors (Lipinski definition) is 2. The van der Waals surface area contributed by atoms with Crippen molar-refractivity contribution in [3.63, 3.8) is 0 Å². The smallest absolute Gasteiger partial charge is 0.325 e. The fraction of sp³-hybridized carbons (Fsp3) is 0.176. The Bertz CT molecular complexity index is 637.